The van der Waals surface area contributed by atoms with Gasteiger partial charge in [-0.15, -0.1) is 11.8 Å². The Morgan fingerprint density at radius 3 is 2.84 bits per heavy atom. The highest BCUT2D eigenvalue weighted by molar-refractivity contribution is 7.98. The average molecular weight is 276 g/mol. The third-order valence-electron chi connectivity index (χ3n) is 2.91. The predicted molar refractivity (Wildman–Crippen MR) is 74.1 cm³/mol. The fraction of sp³-hybridized carbons (Fsp3) is 0.357. The van der Waals surface area contributed by atoms with Gasteiger partial charge in [0.05, 0.1) is 11.7 Å². The van der Waals surface area contributed by atoms with Crippen LogP contribution in [0.2, 0.25) is 0 Å². The lowest BCUT2D eigenvalue weighted by atomic mass is 10.1. The van der Waals surface area contributed by atoms with Crippen LogP contribution in [0.1, 0.15) is 37.0 Å². The van der Waals surface area contributed by atoms with Gasteiger partial charge in [0.15, 0.2) is 5.82 Å². The molecule has 1 aromatic carbocycles. The van der Waals surface area contributed by atoms with Crippen molar-refractivity contribution in [1.29, 1.82) is 0 Å². The Labute approximate surface area is 116 Å². The number of ketones is 1. The number of aryl methyl sites for hydroxylation is 1. The van der Waals surface area contributed by atoms with E-state index in [1.165, 1.54) is 17.4 Å². The number of nitrogens with zero attached hydrogens (tertiary/aromatic N) is 2. The molecule has 5 heteroatoms. The molecule has 100 valence electrons. The summed E-state index contributed by atoms with van der Waals surface area (Å²) >= 11 is 1.66. The minimum atomic E-state index is -0.329. The molecule has 0 radical (unpaired) electrons. The smallest absolute Gasteiger partial charge is 0.236 e. The van der Waals surface area contributed by atoms with Crippen molar-refractivity contribution in [3.05, 3.63) is 41.5 Å². The number of carbonyl (C=O) groups is 1. The van der Waals surface area contributed by atoms with Gasteiger partial charge in [-0.3, -0.25) is 4.79 Å². The molecule has 4 nitrogen and oxygen atoms in total. The maximum Gasteiger partial charge on any atom is 0.236 e. The molecule has 2 rings (SSSR count). The molecule has 1 aromatic heterocycles. The quantitative estimate of drug-likeness (QED) is 0.784. The Hall–Kier alpha value is -1.62. The Bertz CT molecular complexity index is 580. The van der Waals surface area contributed by atoms with E-state index in [1.54, 1.807) is 18.7 Å². The number of carbonyl (C=O) groups excluding carboxylic acids is 1. The third kappa shape index (κ3) is 3.44. The second-order valence-corrected chi connectivity index (χ2v) is 5.45. The fourth-order valence-electron chi connectivity index (χ4n) is 1.54. The van der Waals surface area contributed by atoms with E-state index < -0.39 is 0 Å². The Balaban J connectivity index is 2.01. The van der Waals surface area contributed by atoms with E-state index in [9.17, 15) is 4.79 Å². The predicted octanol–water partition coefficient (Wildman–Crippen LogP) is 3.36. The van der Waals surface area contributed by atoms with E-state index >= 15 is 0 Å². The van der Waals surface area contributed by atoms with Crippen LogP contribution in [0, 0.1) is 6.92 Å². The van der Waals surface area contributed by atoms with Crippen LogP contribution in [0.25, 0.3) is 0 Å². The van der Waals surface area contributed by atoms with Gasteiger partial charge in [-0.25, -0.2) is 0 Å². The normalized spacial score (nSPS) is 12.4. The van der Waals surface area contributed by atoms with Crippen molar-refractivity contribution in [3.63, 3.8) is 0 Å². The molecule has 2 aromatic rings. The maximum atomic E-state index is 11.2. The fourth-order valence-corrected chi connectivity index (χ4v) is 2.41. The van der Waals surface area contributed by atoms with Crippen molar-refractivity contribution in [2.75, 3.05) is 0 Å². The van der Waals surface area contributed by atoms with Crippen molar-refractivity contribution in [1.82, 2.24) is 10.1 Å². The molecule has 0 N–H and O–H groups in total. The number of hydrogen-bond acceptors (Lipinski definition) is 5. The molecule has 0 aliphatic carbocycles. The number of aromatic nitrogens is 2. The van der Waals surface area contributed by atoms with Crippen molar-refractivity contribution in [2.24, 2.45) is 0 Å². The molecule has 1 heterocycles. The number of Topliss-reactive ketones (excluding diaryl/α,β-unsaturated/α-hetero) is 1. The van der Waals surface area contributed by atoms with Crippen LogP contribution in [0.5, 0.6) is 0 Å². The zero-order valence-corrected chi connectivity index (χ0v) is 12.0. The molecular weight excluding hydrogens is 260 g/mol. The van der Waals surface area contributed by atoms with Crippen LogP contribution in [0.3, 0.4) is 0 Å². The van der Waals surface area contributed by atoms with E-state index in [0.29, 0.717) is 17.5 Å². The molecule has 0 aliphatic heterocycles. The molecule has 19 heavy (non-hydrogen) atoms. The molecule has 0 saturated carbocycles. The lowest BCUT2D eigenvalue weighted by Crippen LogP contribution is -2.04. The first-order valence-corrected chi connectivity index (χ1v) is 7.08. The average Bonchev–Trinajstić information content (AvgIpc) is 2.85. The highest BCUT2D eigenvalue weighted by Gasteiger charge is 2.18. The van der Waals surface area contributed by atoms with Gasteiger partial charge in [-0.2, -0.15) is 4.98 Å². The van der Waals surface area contributed by atoms with Crippen LogP contribution < -0.4 is 0 Å². The summed E-state index contributed by atoms with van der Waals surface area (Å²) in [5.74, 6) is 1.36. The summed E-state index contributed by atoms with van der Waals surface area (Å²) in [4.78, 5) is 16.7. The lowest BCUT2D eigenvalue weighted by Gasteiger charge is -2.02. The summed E-state index contributed by atoms with van der Waals surface area (Å²) in [5, 5.41) is 3.91. The molecule has 1 unspecified atom stereocenters. The van der Waals surface area contributed by atoms with Gasteiger partial charge in [0.2, 0.25) is 5.89 Å². The summed E-state index contributed by atoms with van der Waals surface area (Å²) < 4.78 is 5.11. The third-order valence-corrected chi connectivity index (χ3v) is 4.09. The van der Waals surface area contributed by atoms with E-state index in [2.05, 4.69) is 29.2 Å². The minimum absolute atomic E-state index is 0.0294. The van der Waals surface area contributed by atoms with Crippen molar-refractivity contribution < 1.29 is 9.32 Å². The molecule has 0 saturated heterocycles. The molecule has 0 bridgehead atoms. The number of rotatable bonds is 5. The topological polar surface area (TPSA) is 56.0 Å². The second kappa shape index (κ2) is 6.02. The zero-order chi connectivity index (χ0) is 13.8. The van der Waals surface area contributed by atoms with E-state index in [-0.39, 0.29) is 11.7 Å². The van der Waals surface area contributed by atoms with Gasteiger partial charge in [-0.1, -0.05) is 23.4 Å². The summed E-state index contributed by atoms with van der Waals surface area (Å²) in [6.07, 6.45) is 0. The van der Waals surface area contributed by atoms with Crippen LogP contribution in [0.4, 0.5) is 0 Å². The first-order chi connectivity index (χ1) is 9.08. The standard InChI is InChI=1S/C14H16N2O2S/c1-9-6-4-5-7-12(9)19-8-13-15-14(18-16-13)10(2)11(3)17/h4-7,10H,8H2,1-3H3. The Kier molecular flexibility index (Phi) is 4.37. The maximum absolute atomic E-state index is 11.2. The first-order valence-electron chi connectivity index (χ1n) is 6.09. The summed E-state index contributed by atoms with van der Waals surface area (Å²) in [5.41, 5.74) is 1.23. The van der Waals surface area contributed by atoms with E-state index in [0.717, 1.165) is 0 Å². The second-order valence-electron chi connectivity index (χ2n) is 4.44. The molecule has 1 atom stereocenters. The minimum Gasteiger partial charge on any atom is -0.339 e. The van der Waals surface area contributed by atoms with Gasteiger partial charge in [-0.05, 0) is 32.4 Å². The van der Waals surface area contributed by atoms with E-state index in [4.69, 9.17) is 4.52 Å². The van der Waals surface area contributed by atoms with E-state index in [1.807, 2.05) is 12.1 Å². The number of hydrogen-bond donors (Lipinski definition) is 0. The van der Waals surface area contributed by atoms with Crippen LogP contribution in [-0.2, 0) is 10.5 Å². The summed E-state index contributed by atoms with van der Waals surface area (Å²) in [6.45, 7) is 5.37. The first kappa shape index (κ1) is 13.8. The highest BCUT2D eigenvalue weighted by Crippen LogP contribution is 2.25. The number of benzene rings is 1. The van der Waals surface area contributed by atoms with Gasteiger partial charge >= 0.3 is 0 Å². The van der Waals surface area contributed by atoms with Crippen LogP contribution >= 0.6 is 11.8 Å². The number of thioether (sulfide) groups is 1. The summed E-state index contributed by atoms with van der Waals surface area (Å²) in [6, 6.07) is 8.16. The van der Waals surface area contributed by atoms with Crippen molar-refractivity contribution in [3.8, 4) is 0 Å². The largest absolute Gasteiger partial charge is 0.339 e. The van der Waals surface area contributed by atoms with Crippen LogP contribution in [-0.4, -0.2) is 15.9 Å². The van der Waals surface area contributed by atoms with Gasteiger partial charge in [0, 0.05) is 4.90 Å². The molecule has 0 spiro atoms. The zero-order valence-electron chi connectivity index (χ0n) is 11.2. The highest BCUT2D eigenvalue weighted by atomic mass is 32.2. The van der Waals surface area contributed by atoms with Crippen molar-refractivity contribution >= 4 is 17.5 Å². The molecule has 0 aliphatic rings. The monoisotopic (exact) mass is 276 g/mol. The van der Waals surface area contributed by atoms with Crippen LogP contribution in [0.15, 0.2) is 33.7 Å². The molecule has 0 amide bonds. The molecule has 0 fully saturated rings. The van der Waals surface area contributed by atoms with Gasteiger partial charge in [0.1, 0.15) is 5.78 Å². The SMILES string of the molecule is CC(=O)C(C)c1nc(CSc2ccccc2C)no1. The van der Waals surface area contributed by atoms with Crippen molar-refractivity contribution in [2.45, 2.75) is 37.3 Å². The summed E-state index contributed by atoms with van der Waals surface area (Å²) in [7, 11) is 0. The van der Waals surface area contributed by atoms with Gasteiger partial charge in [0.25, 0.3) is 0 Å². The Morgan fingerprint density at radius 2 is 2.16 bits per heavy atom. The lowest BCUT2D eigenvalue weighted by molar-refractivity contribution is -0.118. The van der Waals surface area contributed by atoms with Gasteiger partial charge < -0.3 is 4.52 Å². The Morgan fingerprint density at radius 1 is 1.42 bits per heavy atom. The molecular formula is C14H16N2O2S.